The summed E-state index contributed by atoms with van der Waals surface area (Å²) in [5, 5.41) is 19.7. The van der Waals surface area contributed by atoms with Gasteiger partial charge in [-0.15, -0.1) is 0 Å². The van der Waals surface area contributed by atoms with Crippen molar-refractivity contribution in [1.29, 1.82) is 0 Å². The molecule has 0 heterocycles. The van der Waals surface area contributed by atoms with Gasteiger partial charge in [0.2, 0.25) is 0 Å². The maximum atomic E-state index is 10.5. The van der Waals surface area contributed by atoms with Gasteiger partial charge in [0, 0.05) is 0 Å². The zero-order chi connectivity index (χ0) is 9.30. The van der Waals surface area contributed by atoms with Crippen LogP contribution in [0.5, 0.6) is 5.75 Å². The summed E-state index contributed by atoms with van der Waals surface area (Å²) in [6, 6.07) is 3.06. The number of rotatable bonds is 1. The van der Waals surface area contributed by atoms with Crippen LogP contribution in [-0.4, -0.2) is 10.0 Å². The molecule has 1 N–H and O–H groups in total. The van der Waals surface area contributed by atoms with Crippen LogP contribution in [0.2, 0.25) is 0 Å². The summed E-state index contributed by atoms with van der Waals surface area (Å²) in [7, 11) is 0. The Bertz CT molecular complexity index is 338. The molecule has 59 valence electrons. The van der Waals surface area contributed by atoms with E-state index in [9.17, 15) is 15.2 Å². The molecule has 0 aliphatic rings. The van der Waals surface area contributed by atoms with Crippen molar-refractivity contribution in [1.82, 2.24) is 0 Å². The van der Waals surface area contributed by atoms with Gasteiger partial charge in [-0.3, -0.25) is 0 Å². The van der Waals surface area contributed by atoms with Gasteiger partial charge in [-0.05, 0) is 0 Å². The maximum absolute atomic E-state index is 10.5. The SMILES string of the molecule is Cc1ccc(O)[c]([Hg])c1[N+](=O)[O-]. The molecule has 1 aromatic rings. The van der Waals surface area contributed by atoms with Crippen molar-refractivity contribution in [3.05, 3.63) is 27.8 Å². The number of phenolic OH excluding ortho intramolecular Hbond substituents is 1. The van der Waals surface area contributed by atoms with Crippen molar-refractivity contribution in [3.63, 3.8) is 0 Å². The molecule has 0 aliphatic heterocycles. The summed E-state index contributed by atoms with van der Waals surface area (Å²) in [5.41, 5.74) is 0.695. The summed E-state index contributed by atoms with van der Waals surface area (Å²) in [6.45, 7) is 1.67. The van der Waals surface area contributed by atoms with E-state index in [2.05, 4.69) is 0 Å². The molecule has 0 aliphatic carbocycles. The van der Waals surface area contributed by atoms with Crippen molar-refractivity contribution in [2.24, 2.45) is 0 Å². The van der Waals surface area contributed by atoms with Gasteiger partial charge in [-0.25, -0.2) is 0 Å². The Morgan fingerprint density at radius 3 is 2.58 bits per heavy atom. The van der Waals surface area contributed by atoms with Gasteiger partial charge in [0.1, 0.15) is 0 Å². The minimum absolute atomic E-state index is 0.0515. The molecule has 12 heavy (non-hydrogen) atoms. The van der Waals surface area contributed by atoms with E-state index in [0.29, 0.717) is 8.64 Å². The van der Waals surface area contributed by atoms with E-state index in [-0.39, 0.29) is 37.6 Å². The number of nitro benzene ring substituents is 1. The van der Waals surface area contributed by atoms with Gasteiger partial charge in [0.05, 0.1) is 0 Å². The van der Waals surface area contributed by atoms with E-state index in [0.717, 1.165) is 0 Å². The number of nitro groups is 1. The van der Waals surface area contributed by atoms with Gasteiger partial charge in [0.25, 0.3) is 0 Å². The molecular formula is C7H6HgNO3. The first-order valence-electron chi connectivity index (χ1n) is 3.33. The zero-order valence-electron chi connectivity index (χ0n) is 6.57. The fourth-order valence-electron chi connectivity index (χ4n) is 0.997. The Morgan fingerprint density at radius 2 is 2.17 bits per heavy atom. The molecule has 0 saturated carbocycles. The van der Waals surface area contributed by atoms with Crippen molar-refractivity contribution >= 4 is 8.76 Å². The van der Waals surface area contributed by atoms with E-state index in [1.807, 2.05) is 0 Å². The van der Waals surface area contributed by atoms with Crippen LogP contribution in [0.15, 0.2) is 12.1 Å². The average Bonchev–Trinajstić information content (AvgIpc) is 1.97. The van der Waals surface area contributed by atoms with Crippen molar-refractivity contribution in [2.75, 3.05) is 0 Å². The summed E-state index contributed by atoms with van der Waals surface area (Å²) < 4.78 is 0.514. The van der Waals surface area contributed by atoms with Crippen molar-refractivity contribution in [3.8, 4) is 5.75 Å². The van der Waals surface area contributed by atoms with Crippen LogP contribution in [0.25, 0.3) is 0 Å². The minimum atomic E-state index is -0.433. The quantitative estimate of drug-likeness (QED) is 0.461. The number of hydrogen-bond donors (Lipinski definition) is 1. The van der Waals surface area contributed by atoms with Crippen LogP contribution >= 0.6 is 0 Å². The van der Waals surface area contributed by atoms with Crippen LogP contribution in [-0.2, 0) is 26.1 Å². The van der Waals surface area contributed by atoms with Crippen molar-refractivity contribution < 1.29 is 36.2 Å². The molecule has 0 amide bonds. The van der Waals surface area contributed by atoms with Crippen LogP contribution in [0, 0.1) is 17.0 Å². The third kappa shape index (κ3) is 1.58. The molecule has 0 unspecified atom stereocenters. The van der Waals surface area contributed by atoms with Gasteiger partial charge < -0.3 is 0 Å². The summed E-state index contributed by atoms with van der Waals surface area (Å²) in [6.07, 6.45) is 0. The summed E-state index contributed by atoms with van der Waals surface area (Å²) in [4.78, 5) is 10.1. The fraction of sp³-hybridized carbons (Fsp3) is 0.143. The second kappa shape index (κ2) is 3.39. The van der Waals surface area contributed by atoms with Gasteiger partial charge in [0.15, 0.2) is 0 Å². The Morgan fingerprint density at radius 1 is 1.58 bits per heavy atom. The number of aryl methyl sites for hydroxylation is 1. The predicted molar refractivity (Wildman–Crippen MR) is 39.1 cm³/mol. The number of phenols is 1. The Labute approximate surface area is 85.3 Å². The zero-order valence-corrected chi connectivity index (χ0v) is 12.1. The molecule has 0 saturated heterocycles. The molecule has 1 aromatic carbocycles. The third-order valence-corrected chi connectivity index (χ3v) is 4.35. The molecule has 0 aromatic heterocycles. The first-order valence-corrected chi connectivity index (χ1v) is 6.08. The van der Waals surface area contributed by atoms with E-state index in [1.54, 1.807) is 13.0 Å². The normalized spacial score (nSPS) is 9.92. The van der Waals surface area contributed by atoms with E-state index >= 15 is 0 Å². The second-order valence-corrected chi connectivity index (χ2v) is 5.23. The van der Waals surface area contributed by atoms with E-state index < -0.39 is 4.92 Å². The third-order valence-electron chi connectivity index (χ3n) is 1.64. The number of aromatic hydroxyl groups is 1. The summed E-state index contributed by atoms with van der Waals surface area (Å²) in [5.74, 6) is 0.0515. The Balaban J connectivity index is 3.43. The predicted octanol–water partition coefficient (Wildman–Crippen LogP) is 0.781. The average molecular weight is 353 g/mol. The Kier molecular flexibility index (Phi) is 2.67. The first kappa shape index (κ1) is 9.44. The van der Waals surface area contributed by atoms with Crippen molar-refractivity contribution in [2.45, 2.75) is 6.92 Å². The topological polar surface area (TPSA) is 63.4 Å². The first-order chi connectivity index (χ1) is 5.54. The molecule has 1 rings (SSSR count). The molecular weight excluding hydrogens is 347 g/mol. The number of benzene rings is 1. The number of nitrogens with zero attached hydrogens (tertiary/aromatic N) is 1. The molecule has 0 atom stereocenters. The fourth-order valence-corrected chi connectivity index (χ4v) is 3.04. The van der Waals surface area contributed by atoms with Gasteiger partial charge in [-0.2, -0.15) is 0 Å². The molecule has 0 radical (unpaired) electrons. The monoisotopic (exact) mass is 354 g/mol. The summed E-state index contributed by atoms with van der Waals surface area (Å²) >= 11 is 0.0643. The van der Waals surface area contributed by atoms with E-state index in [1.165, 1.54) is 6.07 Å². The van der Waals surface area contributed by atoms with Gasteiger partial charge in [-0.1, -0.05) is 0 Å². The van der Waals surface area contributed by atoms with Gasteiger partial charge >= 0.3 is 85.4 Å². The molecule has 4 nitrogen and oxygen atoms in total. The van der Waals surface area contributed by atoms with Crippen LogP contribution < -0.4 is 3.07 Å². The standard InChI is InChI=1S/C7H6NO3.Hg/c1-5-2-3-6(9)4-7(5)8(10)11;/h2-3,9H,1H3;. The molecule has 0 spiro atoms. The van der Waals surface area contributed by atoms with Crippen LogP contribution in [0.3, 0.4) is 0 Å². The van der Waals surface area contributed by atoms with Crippen LogP contribution in [0.1, 0.15) is 5.56 Å². The van der Waals surface area contributed by atoms with Crippen LogP contribution in [0.4, 0.5) is 5.69 Å². The molecule has 0 fully saturated rings. The number of hydrogen-bond acceptors (Lipinski definition) is 3. The second-order valence-electron chi connectivity index (χ2n) is 2.49. The molecule has 0 bridgehead atoms. The molecule has 5 heteroatoms. The Hall–Kier alpha value is -0.645. The van der Waals surface area contributed by atoms with E-state index in [4.69, 9.17) is 0 Å².